The van der Waals surface area contributed by atoms with E-state index in [-0.39, 0.29) is 17.9 Å². The number of nitrogens with zero attached hydrogens (tertiary/aromatic N) is 2. The molecule has 1 amide bonds. The van der Waals surface area contributed by atoms with Crippen molar-refractivity contribution in [3.63, 3.8) is 0 Å². The Kier molecular flexibility index (Phi) is 5.97. The second-order valence-electron chi connectivity index (χ2n) is 8.18. The first-order valence-electron chi connectivity index (χ1n) is 10.4. The zero-order valence-electron chi connectivity index (χ0n) is 17.4. The summed E-state index contributed by atoms with van der Waals surface area (Å²) in [6.07, 6.45) is 2.24. The minimum absolute atomic E-state index is 0.0438. The quantitative estimate of drug-likeness (QED) is 0.546. The average Bonchev–Trinajstić information content (AvgIpc) is 3.40. The lowest BCUT2D eigenvalue weighted by Gasteiger charge is -2.28. The molecule has 4 rings (SSSR count). The number of benzene rings is 1. The largest absolute Gasteiger partial charge is 0.376 e. The fourth-order valence-corrected chi connectivity index (χ4v) is 4.65. The molecule has 152 valence electrons. The summed E-state index contributed by atoms with van der Waals surface area (Å²) in [5, 5.41) is 3.19. The highest BCUT2D eigenvalue weighted by atomic mass is 32.1. The normalized spacial score (nSPS) is 16.6. The third-order valence-corrected chi connectivity index (χ3v) is 6.30. The van der Waals surface area contributed by atoms with Crippen LogP contribution in [0.5, 0.6) is 0 Å². The number of ether oxygens (including phenoxy) is 1. The van der Waals surface area contributed by atoms with Crippen LogP contribution in [0.1, 0.15) is 37.8 Å². The molecule has 1 unspecified atom stereocenters. The molecule has 0 saturated carbocycles. The highest BCUT2D eigenvalue weighted by Crippen LogP contribution is 2.31. The van der Waals surface area contributed by atoms with Gasteiger partial charge in [-0.1, -0.05) is 32.0 Å². The number of hydrogen-bond donors (Lipinski definition) is 0. The van der Waals surface area contributed by atoms with Gasteiger partial charge in [-0.05, 0) is 54.5 Å². The predicted octanol–water partition coefficient (Wildman–Crippen LogP) is 5.44. The molecule has 1 atom stereocenters. The van der Waals surface area contributed by atoms with Gasteiger partial charge in [0.2, 0.25) is 5.91 Å². The molecule has 1 aliphatic heterocycles. The lowest BCUT2D eigenvalue weighted by atomic mass is 10.0. The maximum absolute atomic E-state index is 13.0. The molecule has 0 spiro atoms. The summed E-state index contributed by atoms with van der Waals surface area (Å²) < 4.78 is 5.83. The maximum atomic E-state index is 13.0. The monoisotopic (exact) mass is 408 g/mol. The van der Waals surface area contributed by atoms with Crippen LogP contribution in [0.15, 0.2) is 41.8 Å². The number of aromatic nitrogens is 1. The number of rotatable bonds is 6. The molecule has 1 aromatic carbocycles. The number of fused-ring (bicyclic) bond motifs is 1. The van der Waals surface area contributed by atoms with Crippen molar-refractivity contribution in [2.45, 2.75) is 46.3 Å². The molecule has 0 bridgehead atoms. The van der Waals surface area contributed by atoms with E-state index in [0.29, 0.717) is 13.1 Å². The predicted molar refractivity (Wildman–Crippen MR) is 119 cm³/mol. The fourth-order valence-electron chi connectivity index (χ4n) is 3.91. The van der Waals surface area contributed by atoms with Crippen molar-refractivity contribution in [1.82, 2.24) is 9.88 Å². The summed E-state index contributed by atoms with van der Waals surface area (Å²) in [5.74, 6) is 0.124. The van der Waals surface area contributed by atoms with Crippen molar-refractivity contribution in [2.24, 2.45) is 5.92 Å². The van der Waals surface area contributed by atoms with E-state index in [2.05, 4.69) is 48.7 Å². The van der Waals surface area contributed by atoms with Gasteiger partial charge in [0.25, 0.3) is 0 Å². The minimum Gasteiger partial charge on any atom is -0.376 e. The number of carbonyl (C=O) groups is 1. The van der Waals surface area contributed by atoms with Gasteiger partial charge in [-0.3, -0.25) is 4.79 Å². The molecule has 0 radical (unpaired) electrons. The van der Waals surface area contributed by atoms with Gasteiger partial charge in [-0.25, -0.2) is 4.98 Å². The molecule has 1 saturated heterocycles. The minimum atomic E-state index is -0.0438. The van der Waals surface area contributed by atoms with Gasteiger partial charge in [0.05, 0.1) is 22.2 Å². The van der Waals surface area contributed by atoms with Crippen molar-refractivity contribution in [1.29, 1.82) is 0 Å². The number of amides is 1. The standard InChI is InChI=1S/C24H28N2O2S/c1-16(2)24(27)26(15-20-6-4-10-28-20)14-19-13-18-9-8-17(3)12-21(18)25-23(19)22-7-5-11-29-22/h5,7-9,11-13,16,20H,4,6,10,14-15H2,1-3H3. The Morgan fingerprint density at radius 1 is 1.31 bits per heavy atom. The van der Waals surface area contributed by atoms with Crippen LogP contribution in [-0.4, -0.2) is 35.0 Å². The van der Waals surface area contributed by atoms with Crippen molar-refractivity contribution in [3.8, 4) is 10.6 Å². The van der Waals surface area contributed by atoms with E-state index in [0.717, 1.165) is 46.5 Å². The Labute approximate surface area is 176 Å². The van der Waals surface area contributed by atoms with Crippen molar-refractivity contribution < 1.29 is 9.53 Å². The number of thiophene rings is 1. The first-order chi connectivity index (χ1) is 14.0. The summed E-state index contributed by atoms with van der Waals surface area (Å²) in [6.45, 7) is 8.02. The Morgan fingerprint density at radius 2 is 2.17 bits per heavy atom. The molecule has 1 aliphatic rings. The highest BCUT2D eigenvalue weighted by molar-refractivity contribution is 7.13. The van der Waals surface area contributed by atoms with Crippen LogP contribution in [-0.2, 0) is 16.1 Å². The molecule has 3 heterocycles. The van der Waals surface area contributed by atoms with E-state index in [1.54, 1.807) is 11.3 Å². The Hall–Kier alpha value is -2.24. The van der Waals surface area contributed by atoms with E-state index in [9.17, 15) is 4.79 Å². The number of hydrogen-bond acceptors (Lipinski definition) is 4. The molecule has 0 aliphatic carbocycles. The SMILES string of the molecule is Cc1ccc2cc(CN(CC3CCCO3)C(=O)C(C)C)c(-c3cccs3)nc2c1. The summed E-state index contributed by atoms with van der Waals surface area (Å²) >= 11 is 1.69. The van der Waals surface area contributed by atoms with Crippen LogP contribution < -0.4 is 0 Å². The second kappa shape index (κ2) is 8.64. The highest BCUT2D eigenvalue weighted by Gasteiger charge is 2.25. The molecule has 3 aromatic rings. The molecule has 0 N–H and O–H groups in total. The maximum Gasteiger partial charge on any atom is 0.225 e. The van der Waals surface area contributed by atoms with Gasteiger partial charge in [-0.2, -0.15) is 0 Å². The van der Waals surface area contributed by atoms with E-state index in [1.807, 2.05) is 18.7 Å². The molecule has 29 heavy (non-hydrogen) atoms. The van der Waals surface area contributed by atoms with Gasteiger partial charge in [0.15, 0.2) is 0 Å². The number of pyridine rings is 1. The molecule has 4 nitrogen and oxygen atoms in total. The molecule has 2 aromatic heterocycles. The molecular formula is C24H28N2O2S. The van der Waals surface area contributed by atoms with Gasteiger partial charge in [0, 0.05) is 31.0 Å². The Bertz CT molecular complexity index is 992. The smallest absolute Gasteiger partial charge is 0.225 e. The summed E-state index contributed by atoms with van der Waals surface area (Å²) in [5.41, 5.74) is 4.27. The third kappa shape index (κ3) is 4.51. The number of aryl methyl sites for hydroxylation is 1. The van der Waals surface area contributed by atoms with E-state index in [1.165, 1.54) is 5.56 Å². The van der Waals surface area contributed by atoms with Gasteiger partial charge < -0.3 is 9.64 Å². The fraction of sp³-hybridized carbons (Fsp3) is 0.417. The first-order valence-corrected chi connectivity index (χ1v) is 11.2. The van der Waals surface area contributed by atoms with Crippen molar-refractivity contribution in [3.05, 3.63) is 52.9 Å². The van der Waals surface area contributed by atoms with Crippen LogP contribution in [0, 0.1) is 12.8 Å². The van der Waals surface area contributed by atoms with Crippen LogP contribution >= 0.6 is 11.3 Å². The average molecular weight is 409 g/mol. The summed E-state index contributed by atoms with van der Waals surface area (Å²) in [7, 11) is 0. The summed E-state index contributed by atoms with van der Waals surface area (Å²) in [4.78, 5) is 21.1. The van der Waals surface area contributed by atoms with Crippen molar-refractivity contribution >= 4 is 28.1 Å². The second-order valence-corrected chi connectivity index (χ2v) is 9.13. The first kappa shape index (κ1) is 20.0. The van der Waals surface area contributed by atoms with Crippen LogP contribution in [0.25, 0.3) is 21.5 Å². The van der Waals surface area contributed by atoms with Crippen LogP contribution in [0.2, 0.25) is 0 Å². The zero-order valence-corrected chi connectivity index (χ0v) is 18.2. The zero-order chi connectivity index (χ0) is 20.4. The van der Waals surface area contributed by atoms with Crippen LogP contribution in [0.3, 0.4) is 0 Å². The van der Waals surface area contributed by atoms with Gasteiger partial charge >= 0.3 is 0 Å². The molecule has 1 fully saturated rings. The summed E-state index contributed by atoms with van der Waals surface area (Å²) in [6, 6.07) is 12.7. The van der Waals surface area contributed by atoms with Crippen LogP contribution in [0.4, 0.5) is 0 Å². The van der Waals surface area contributed by atoms with Gasteiger partial charge in [0.1, 0.15) is 0 Å². The van der Waals surface area contributed by atoms with E-state index < -0.39 is 0 Å². The number of carbonyl (C=O) groups excluding carboxylic acids is 1. The third-order valence-electron chi connectivity index (χ3n) is 5.42. The topological polar surface area (TPSA) is 42.4 Å². The van der Waals surface area contributed by atoms with E-state index in [4.69, 9.17) is 9.72 Å². The van der Waals surface area contributed by atoms with Crippen molar-refractivity contribution in [2.75, 3.05) is 13.2 Å². The van der Waals surface area contributed by atoms with Gasteiger partial charge in [-0.15, -0.1) is 11.3 Å². The Morgan fingerprint density at radius 3 is 2.86 bits per heavy atom. The molecular weight excluding hydrogens is 380 g/mol. The molecule has 5 heteroatoms. The lowest BCUT2D eigenvalue weighted by Crippen LogP contribution is -2.39. The Balaban J connectivity index is 1.74. The van der Waals surface area contributed by atoms with E-state index >= 15 is 0 Å². The lowest BCUT2D eigenvalue weighted by molar-refractivity contribution is -0.136.